The molecule has 0 fully saturated rings. The summed E-state index contributed by atoms with van der Waals surface area (Å²) in [7, 11) is -3.84. The lowest BCUT2D eigenvalue weighted by atomic mass is 10.2. The van der Waals surface area contributed by atoms with Gasteiger partial charge in [0.15, 0.2) is 5.82 Å². The molecule has 0 atom stereocenters. The first-order valence-corrected chi connectivity index (χ1v) is 11.4. The van der Waals surface area contributed by atoms with Crippen LogP contribution in [0.4, 0.5) is 13.2 Å². The molecule has 0 radical (unpaired) electrons. The summed E-state index contributed by atoms with van der Waals surface area (Å²) >= 11 is 0. The number of rotatable bonds is 8. The summed E-state index contributed by atoms with van der Waals surface area (Å²) in [6.45, 7) is 1.22. The Labute approximate surface area is 192 Å². The topological polar surface area (TPSA) is 103 Å². The van der Waals surface area contributed by atoms with Crippen LogP contribution in [0.15, 0.2) is 76.7 Å². The summed E-state index contributed by atoms with van der Waals surface area (Å²) in [4.78, 5) is 7.29. The van der Waals surface area contributed by atoms with Gasteiger partial charge in [0.25, 0.3) is 10.0 Å². The molecule has 176 valence electrons. The van der Waals surface area contributed by atoms with Crippen molar-refractivity contribution in [3.05, 3.63) is 95.7 Å². The molecule has 4 aromatic rings. The van der Waals surface area contributed by atoms with Gasteiger partial charge in [0.2, 0.25) is 0 Å². The second-order valence-electron chi connectivity index (χ2n) is 7.17. The van der Waals surface area contributed by atoms with Crippen molar-refractivity contribution in [3.8, 4) is 0 Å². The first-order valence-electron chi connectivity index (χ1n) is 9.93. The van der Waals surface area contributed by atoms with Crippen LogP contribution in [0, 0.1) is 0 Å². The number of nitrogens with one attached hydrogen (secondary N) is 1. The van der Waals surface area contributed by atoms with E-state index < -0.39 is 22.1 Å². The van der Waals surface area contributed by atoms with E-state index in [1.807, 2.05) is 12.1 Å². The number of halogens is 3. The maximum atomic E-state index is 12.9. The van der Waals surface area contributed by atoms with E-state index in [9.17, 15) is 21.6 Å². The SMILES string of the molecule is O=S(=O)(c1ccc(CNCc2ccncc2)cc1)n1ccc(/C=C/c2noc(C(F)(F)F)n2)c1. The van der Waals surface area contributed by atoms with Crippen LogP contribution in [0.25, 0.3) is 12.2 Å². The molecule has 0 aliphatic rings. The normalized spacial score (nSPS) is 12.4. The van der Waals surface area contributed by atoms with Crippen LogP contribution >= 0.6 is 0 Å². The molecule has 3 aromatic heterocycles. The van der Waals surface area contributed by atoms with E-state index in [2.05, 4.69) is 25.0 Å². The van der Waals surface area contributed by atoms with Gasteiger partial charge in [-0.15, -0.1) is 0 Å². The summed E-state index contributed by atoms with van der Waals surface area (Å²) in [5, 5.41) is 6.50. The Morgan fingerprint density at radius 2 is 1.65 bits per heavy atom. The minimum Gasteiger partial charge on any atom is -0.329 e. The van der Waals surface area contributed by atoms with Gasteiger partial charge in [0, 0.05) is 37.9 Å². The van der Waals surface area contributed by atoms with Crippen molar-refractivity contribution in [2.45, 2.75) is 24.2 Å². The second-order valence-corrected chi connectivity index (χ2v) is 9.01. The third-order valence-electron chi connectivity index (χ3n) is 4.71. The van der Waals surface area contributed by atoms with Crippen LogP contribution in [0.3, 0.4) is 0 Å². The van der Waals surface area contributed by atoms with E-state index in [-0.39, 0.29) is 10.7 Å². The standard InChI is InChI=1S/C22H18F3N5O3S/c23-22(24,25)21-28-20(29-33-21)6-3-18-9-12-30(15-18)34(31,32)19-4-1-16(2-5-19)13-27-14-17-7-10-26-11-8-17/h1-12,15,27H,13-14H2/b6-3+. The van der Waals surface area contributed by atoms with E-state index in [4.69, 9.17) is 0 Å². The number of hydrogen-bond acceptors (Lipinski definition) is 7. The molecule has 1 aromatic carbocycles. The Morgan fingerprint density at radius 3 is 2.29 bits per heavy atom. The molecule has 12 heteroatoms. The Morgan fingerprint density at radius 1 is 0.971 bits per heavy atom. The van der Waals surface area contributed by atoms with Crippen molar-refractivity contribution in [3.63, 3.8) is 0 Å². The first-order chi connectivity index (χ1) is 16.2. The smallest absolute Gasteiger partial charge is 0.329 e. The zero-order valence-corrected chi connectivity index (χ0v) is 18.3. The molecule has 3 heterocycles. The van der Waals surface area contributed by atoms with E-state index in [1.165, 1.54) is 42.7 Å². The van der Waals surface area contributed by atoms with Gasteiger partial charge < -0.3 is 9.84 Å². The molecule has 0 aliphatic heterocycles. The highest BCUT2D eigenvalue weighted by Gasteiger charge is 2.38. The van der Waals surface area contributed by atoms with E-state index in [0.717, 1.165) is 15.1 Å². The molecular weight excluding hydrogens is 471 g/mol. The molecular formula is C22H18F3N5O3S. The van der Waals surface area contributed by atoms with Gasteiger partial charge >= 0.3 is 12.1 Å². The maximum Gasteiger partial charge on any atom is 0.471 e. The molecule has 4 rings (SSSR count). The summed E-state index contributed by atoms with van der Waals surface area (Å²) in [5.74, 6) is -1.74. The summed E-state index contributed by atoms with van der Waals surface area (Å²) in [6, 6.07) is 11.8. The Bertz CT molecular complexity index is 1380. The van der Waals surface area contributed by atoms with Crippen LogP contribution in [0.5, 0.6) is 0 Å². The number of pyridine rings is 1. The lowest BCUT2D eigenvalue weighted by Gasteiger charge is -2.08. The third kappa shape index (κ3) is 5.58. The van der Waals surface area contributed by atoms with Gasteiger partial charge in [-0.1, -0.05) is 17.3 Å². The highest BCUT2D eigenvalue weighted by Crippen LogP contribution is 2.27. The second kappa shape index (κ2) is 9.61. The van der Waals surface area contributed by atoms with Crippen molar-refractivity contribution in [2.24, 2.45) is 0 Å². The fourth-order valence-electron chi connectivity index (χ4n) is 2.98. The van der Waals surface area contributed by atoms with Gasteiger partial charge in [-0.3, -0.25) is 4.98 Å². The van der Waals surface area contributed by atoms with Gasteiger partial charge in [0.05, 0.1) is 4.90 Å². The number of benzene rings is 1. The Kier molecular flexibility index (Phi) is 6.61. The largest absolute Gasteiger partial charge is 0.471 e. The predicted octanol–water partition coefficient (Wildman–Crippen LogP) is 3.98. The van der Waals surface area contributed by atoms with Gasteiger partial charge in [-0.2, -0.15) is 18.2 Å². The quantitative estimate of drug-likeness (QED) is 0.399. The molecule has 1 N–H and O–H groups in total. The van der Waals surface area contributed by atoms with Gasteiger partial charge in [0.1, 0.15) is 0 Å². The minimum atomic E-state index is -4.73. The van der Waals surface area contributed by atoms with Crippen LogP contribution in [0.1, 0.15) is 28.4 Å². The average Bonchev–Trinajstić information content (AvgIpc) is 3.49. The zero-order valence-electron chi connectivity index (χ0n) is 17.5. The van der Waals surface area contributed by atoms with E-state index >= 15 is 0 Å². The van der Waals surface area contributed by atoms with Crippen molar-refractivity contribution < 1.29 is 26.1 Å². The summed E-state index contributed by atoms with van der Waals surface area (Å²) in [6.07, 6.45) is 3.95. The molecule has 34 heavy (non-hydrogen) atoms. The monoisotopic (exact) mass is 489 g/mol. The van der Waals surface area contributed by atoms with Crippen LogP contribution in [-0.4, -0.2) is 27.5 Å². The van der Waals surface area contributed by atoms with Gasteiger partial charge in [-0.05, 0) is 59.2 Å². The van der Waals surface area contributed by atoms with Crippen molar-refractivity contribution in [1.29, 1.82) is 0 Å². The summed E-state index contributed by atoms with van der Waals surface area (Å²) in [5.41, 5.74) is 2.44. The van der Waals surface area contributed by atoms with Crippen molar-refractivity contribution in [1.82, 2.24) is 24.4 Å². The zero-order chi connectivity index (χ0) is 24.2. The number of alkyl halides is 3. The number of aromatic nitrogens is 4. The van der Waals surface area contributed by atoms with Gasteiger partial charge in [-0.25, -0.2) is 12.4 Å². The molecule has 0 unspecified atom stereocenters. The molecule has 0 bridgehead atoms. The first kappa shape index (κ1) is 23.4. The number of hydrogen-bond donors (Lipinski definition) is 1. The Hall–Kier alpha value is -3.77. The average molecular weight is 489 g/mol. The predicted molar refractivity (Wildman–Crippen MR) is 116 cm³/mol. The molecule has 0 amide bonds. The third-order valence-corrected chi connectivity index (χ3v) is 6.36. The van der Waals surface area contributed by atoms with E-state index in [1.54, 1.807) is 24.5 Å². The maximum absolute atomic E-state index is 12.9. The fourth-order valence-corrected chi connectivity index (χ4v) is 4.19. The minimum absolute atomic E-state index is 0.101. The lowest BCUT2D eigenvalue weighted by Crippen LogP contribution is -2.13. The van der Waals surface area contributed by atoms with Crippen LogP contribution < -0.4 is 5.32 Å². The molecule has 8 nitrogen and oxygen atoms in total. The van der Waals surface area contributed by atoms with Crippen LogP contribution in [-0.2, 0) is 29.3 Å². The van der Waals surface area contributed by atoms with Crippen LogP contribution in [0.2, 0.25) is 0 Å². The van der Waals surface area contributed by atoms with E-state index in [0.29, 0.717) is 18.7 Å². The highest BCUT2D eigenvalue weighted by atomic mass is 32.2. The molecule has 0 spiro atoms. The summed E-state index contributed by atoms with van der Waals surface area (Å²) < 4.78 is 68.5. The highest BCUT2D eigenvalue weighted by molar-refractivity contribution is 7.90. The molecule has 0 saturated heterocycles. The van der Waals surface area contributed by atoms with Crippen molar-refractivity contribution in [2.75, 3.05) is 0 Å². The fraction of sp³-hybridized carbons (Fsp3) is 0.136. The molecule has 0 saturated carbocycles. The Balaban J connectivity index is 1.39. The number of nitrogens with zero attached hydrogens (tertiary/aromatic N) is 4. The lowest BCUT2D eigenvalue weighted by molar-refractivity contribution is -0.159. The van der Waals surface area contributed by atoms with Crippen molar-refractivity contribution >= 4 is 22.2 Å². The molecule has 0 aliphatic carbocycles.